The van der Waals surface area contributed by atoms with Crippen molar-refractivity contribution in [2.45, 2.75) is 4.34 Å². The molecule has 2 heterocycles. The molecule has 1 aliphatic heterocycles. The third-order valence-corrected chi connectivity index (χ3v) is 5.87. The first kappa shape index (κ1) is 20.1. The molecule has 1 aliphatic rings. The van der Waals surface area contributed by atoms with Crippen molar-refractivity contribution in [3.05, 3.63) is 53.8 Å². The van der Waals surface area contributed by atoms with Gasteiger partial charge < -0.3 is 14.8 Å². The van der Waals surface area contributed by atoms with E-state index in [1.54, 1.807) is 24.3 Å². The largest absolute Gasteiger partial charge is 0.486 e. The summed E-state index contributed by atoms with van der Waals surface area (Å²) in [6.45, 7) is 0.965. The molecule has 0 radical (unpaired) electrons. The van der Waals surface area contributed by atoms with Gasteiger partial charge in [-0.05, 0) is 24.3 Å². The maximum absolute atomic E-state index is 13.7. The number of halogens is 1. The molecular formula is C19H15FN4O4S2. The van der Waals surface area contributed by atoms with Gasteiger partial charge in [-0.25, -0.2) is 4.39 Å². The summed E-state index contributed by atoms with van der Waals surface area (Å²) in [5, 5.41) is 13.3. The van der Waals surface area contributed by atoms with Crippen molar-refractivity contribution in [3.8, 4) is 11.5 Å². The number of benzene rings is 2. The highest BCUT2D eigenvalue weighted by Gasteiger charge is 2.16. The van der Waals surface area contributed by atoms with Crippen molar-refractivity contribution in [1.82, 2.24) is 10.2 Å². The van der Waals surface area contributed by atoms with Gasteiger partial charge in [0.1, 0.15) is 19.0 Å². The van der Waals surface area contributed by atoms with Gasteiger partial charge in [-0.15, -0.1) is 10.2 Å². The molecular weight excluding hydrogens is 431 g/mol. The van der Waals surface area contributed by atoms with E-state index in [0.29, 0.717) is 34.7 Å². The average molecular weight is 446 g/mol. The summed E-state index contributed by atoms with van der Waals surface area (Å²) in [7, 11) is 0. The Kier molecular flexibility index (Phi) is 6.10. The van der Waals surface area contributed by atoms with Crippen LogP contribution in [0.25, 0.3) is 0 Å². The Morgan fingerprint density at radius 1 is 1.07 bits per heavy atom. The molecule has 0 atom stereocenters. The number of aromatic nitrogens is 2. The van der Waals surface area contributed by atoms with Gasteiger partial charge in [0.15, 0.2) is 15.8 Å². The minimum Gasteiger partial charge on any atom is -0.486 e. The van der Waals surface area contributed by atoms with E-state index in [1.807, 2.05) is 0 Å². The van der Waals surface area contributed by atoms with E-state index in [-0.39, 0.29) is 22.4 Å². The normalized spacial score (nSPS) is 12.3. The van der Waals surface area contributed by atoms with Crippen molar-refractivity contribution < 1.29 is 23.5 Å². The molecule has 0 spiro atoms. The lowest BCUT2D eigenvalue weighted by Gasteiger charge is -2.18. The van der Waals surface area contributed by atoms with Crippen molar-refractivity contribution in [1.29, 1.82) is 0 Å². The number of amides is 2. The van der Waals surface area contributed by atoms with Crippen LogP contribution in [0.4, 0.5) is 15.2 Å². The number of ether oxygens (including phenoxy) is 2. The van der Waals surface area contributed by atoms with Crippen LogP contribution in [0.3, 0.4) is 0 Å². The second kappa shape index (κ2) is 9.09. The van der Waals surface area contributed by atoms with Crippen molar-refractivity contribution in [2.24, 2.45) is 0 Å². The van der Waals surface area contributed by atoms with Crippen LogP contribution >= 0.6 is 23.1 Å². The van der Waals surface area contributed by atoms with E-state index in [0.717, 1.165) is 11.3 Å². The molecule has 0 fully saturated rings. The zero-order valence-corrected chi connectivity index (χ0v) is 17.0. The SMILES string of the molecule is O=C(CSc1nnc(NC(=O)c2ccccc2F)s1)Nc1ccc2c(c1)OCCO2. The molecule has 0 aliphatic carbocycles. The Balaban J connectivity index is 1.29. The lowest BCUT2D eigenvalue weighted by molar-refractivity contribution is -0.113. The topological polar surface area (TPSA) is 102 Å². The van der Waals surface area contributed by atoms with Gasteiger partial charge in [0.25, 0.3) is 5.91 Å². The number of anilines is 2. The van der Waals surface area contributed by atoms with Gasteiger partial charge in [0.2, 0.25) is 11.0 Å². The first-order valence-corrected chi connectivity index (χ1v) is 10.6. The number of hydrogen-bond acceptors (Lipinski definition) is 8. The van der Waals surface area contributed by atoms with Crippen molar-refractivity contribution >= 4 is 45.7 Å². The Hall–Kier alpha value is -3.18. The van der Waals surface area contributed by atoms with Gasteiger partial charge in [-0.3, -0.25) is 14.9 Å². The first-order chi connectivity index (χ1) is 14.6. The molecule has 1 aromatic heterocycles. The number of carbonyl (C=O) groups excluding carboxylic acids is 2. The number of rotatable bonds is 6. The van der Waals surface area contributed by atoms with Gasteiger partial charge in [0, 0.05) is 11.8 Å². The van der Waals surface area contributed by atoms with E-state index >= 15 is 0 Å². The van der Waals surface area contributed by atoms with Crippen molar-refractivity contribution in [2.75, 3.05) is 29.6 Å². The van der Waals surface area contributed by atoms with Crippen molar-refractivity contribution in [3.63, 3.8) is 0 Å². The fraction of sp³-hybridized carbons (Fsp3) is 0.158. The molecule has 30 heavy (non-hydrogen) atoms. The molecule has 154 valence electrons. The molecule has 0 saturated carbocycles. The van der Waals surface area contributed by atoms with Crippen LogP contribution in [0.5, 0.6) is 11.5 Å². The second-order valence-electron chi connectivity index (χ2n) is 6.00. The van der Waals surface area contributed by atoms with Crippen LogP contribution in [0.15, 0.2) is 46.8 Å². The smallest absolute Gasteiger partial charge is 0.260 e. The minimum atomic E-state index is -0.620. The predicted molar refractivity (Wildman–Crippen MR) is 111 cm³/mol. The third kappa shape index (κ3) is 4.86. The summed E-state index contributed by atoms with van der Waals surface area (Å²) in [5.74, 6) is -0.131. The molecule has 0 bridgehead atoms. The maximum Gasteiger partial charge on any atom is 0.260 e. The molecule has 0 unspecified atom stereocenters. The molecule has 4 rings (SSSR count). The predicted octanol–water partition coefficient (Wildman–Crippen LogP) is 3.43. The Bertz CT molecular complexity index is 1090. The highest BCUT2D eigenvalue weighted by Crippen LogP contribution is 2.33. The number of nitrogens with one attached hydrogen (secondary N) is 2. The third-order valence-electron chi connectivity index (χ3n) is 3.90. The zero-order valence-electron chi connectivity index (χ0n) is 15.4. The number of hydrogen-bond donors (Lipinski definition) is 2. The highest BCUT2D eigenvalue weighted by atomic mass is 32.2. The standard InChI is InChI=1S/C19H15FN4O4S2/c20-13-4-2-1-3-12(13)17(26)22-18-23-24-19(30-18)29-10-16(25)21-11-5-6-14-15(9-11)28-8-7-27-14/h1-6,9H,7-8,10H2,(H,21,25)(H,22,23,26). The molecule has 2 aromatic carbocycles. The van der Waals surface area contributed by atoms with Gasteiger partial charge in [-0.2, -0.15) is 0 Å². The average Bonchev–Trinajstić information content (AvgIpc) is 3.20. The van der Waals surface area contributed by atoms with Crippen LogP contribution in [0.1, 0.15) is 10.4 Å². The summed E-state index contributed by atoms with van der Waals surface area (Å²) in [4.78, 5) is 24.3. The lowest BCUT2D eigenvalue weighted by atomic mass is 10.2. The maximum atomic E-state index is 13.7. The minimum absolute atomic E-state index is 0.0827. The molecule has 2 N–H and O–H groups in total. The fourth-order valence-corrected chi connectivity index (χ4v) is 4.12. The van der Waals surface area contributed by atoms with Crippen LogP contribution in [0.2, 0.25) is 0 Å². The first-order valence-electron chi connectivity index (χ1n) is 8.80. The highest BCUT2D eigenvalue weighted by molar-refractivity contribution is 8.01. The van der Waals surface area contributed by atoms with Gasteiger partial charge in [0.05, 0.1) is 11.3 Å². The Morgan fingerprint density at radius 2 is 1.87 bits per heavy atom. The van der Waals surface area contributed by atoms with E-state index in [4.69, 9.17) is 9.47 Å². The monoisotopic (exact) mass is 446 g/mol. The fourth-order valence-electron chi connectivity index (χ4n) is 2.57. The molecule has 3 aromatic rings. The Labute approximate surface area is 178 Å². The van der Waals surface area contributed by atoms with Crippen LogP contribution < -0.4 is 20.1 Å². The number of thioether (sulfide) groups is 1. The number of nitrogens with zero attached hydrogens (tertiary/aromatic N) is 2. The zero-order chi connectivity index (χ0) is 20.9. The summed E-state index contributed by atoms with van der Waals surface area (Å²) < 4.78 is 25.1. The van der Waals surface area contributed by atoms with E-state index in [1.165, 1.54) is 30.0 Å². The van der Waals surface area contributed by atoms with E-state index < -0.39 is 11.7 Å². The van der Waals surface area contributed by atoms with E-state index in [9.17, 15) is 14.0 Å². The Morgan fingerprint density at radius 3 is 2.70 bits per heavy atom. The number of carbonyl (C=O) groups is 2. The van der Waals surface area contributed by atoms with Crippen LogP contribution in [0, 0.1) is 5.82 Å². The van der Waals surface area contributed by atoms with Crippen LogP contribution in [-0.2, 0) is 4.79 Å². The number of fused-ring (bicyclic) bond motifs is 1. The van der Waals surface area contributed by atoms with Crippen LogP contribution in [-0.4, -0.2) is 41.0 Å². The summed E-state index contributed by atoms with van der Waals surface area (Å²) in [6.07, 6.45) is 0. The van der Waals surface area contributed by atoms with E-state index in [2.05, 4.69) is 20.8 Å². The summed E-state index contributed by atoms with van der Waals surface area (Å²) in [6, 6.07) is 10.8. The lowest BCUT2D eigenvalue weighted by Crippen LogP contribution is -2.17. The molecule has 11 heteroatoms. The second-order valence-corrected chi connectivity index (χ2v) is 8.20. The van der Waals surface area contributed by atoms with Gasteiger partial charge in [-0.1, -0.05) is 35.2 Å². The summed E-state index contributed by atoms with van der Waals surface area (Å²) >= 11 is 2.27. The van der Waals surface area contributed by atoms with Gasteiger partial charge >= 0.3 is 0 Å². The molecule has 8 nitrogen and oxygen atoms in total. The summed E-state index contributed by atoms with van der Waals surface area (Å²) in [5.41, 5.74) is 0.515. The quantitative estimate of drug-likeness (QED) is 0.442. The molecule has 2 amide bonds. The molecule has 0 saturated heterocycles.